The van der Waals surface area contributed by atoms with E-state index in [2.05, 4.69) is 10.2 Å². The number of halogens is 1. The van der Waals surface area contributed by atoms with Crippen molar-refractivity contribution >= 4 is 11.6 Å². The molecule has 18 heavy (non-hydrogen) atoms. The van der Waals surface area contributed by atoms with E-state index in [4.69, 9.17) is 11.6 Å². The van der Waals surface area contributed by atoms with E-state index in [1.807, 2.05) is 13.1 Å². The van der Waals surface area contributed by atoms with Gasteiger partial charge in [0.2, 0.25) is 0 Å². The van der Waals surface area contributed by atoms with Gasteiger partial charge in [-0.05, 0) is 57.1 Å². The maximum Gasteiger partial charge on any atom is 0.120 e. The van der Waals surface area contributed by atoms with E-state index < -0.39 is 0 Å². The number of nitrogens with zero attached hydrogens (tertiary/aromatic N) is 1. The van der Waals surface area contributed by atoms with Crippen LogP contribution in [-0.4, -0.2) is 36.7 Å². The predicted octanol–water partition coefficient (Wildman–Crippen LogP) is 2.48. The first-order valence-corrected chi connectivity index (χ1v) is 6.91. The number of nitrogens with one attached hydrogen (secondary N) is 1. The van der Waals surface area contributed by atoms with E-state index in [9.17, 15) is 5.11 Å². The van der Waals surface area contributed by atoms with Gasteiger partial charge in [0.15, 0.2) is 0 Å². The zero-order valence-corrected chi connectivity index (χ0v) is 11.6. The Kier molecular flexibility index (Phi) is 4.87. The molecular formula is C14H21ClN2O. The Morgan fingerprint density at radius 3 is 3.11 bits per heavy atom. The highest BCUT2D eigenvalue weighted by molar-refractivity contribution is 6.30. The van der Waals surface area contributed by atoms with Crippen molar-refractivity contribution in [2.75, 3.05) is 26.7 Å². The summed E-state index contributed by atoms with van der Waals surface area (Å²) in [5, 5.41) is 13.8. The van der Waals surface area contributed by atoms with Crippen molar-refractivity contribution in [1.29, 1.82) is 0 Å². The molecule has 1 atom stereocenters. The van der Waals surface area contributed by atoms with Gasteiger partial charge in [-0.1, -0.05) is 11.6 Å². The molecule has 0 aromatic heterocycles. The second-order valence-corrected chi connectivity index (χ2v) is 5.51. The van der Waals surface area contributed by atoms with Crippen molar-refractivity contribution in [3.63, 3.8) is 0 Å². The summed E-state index contributed by atoms with van der Waals surface area (Å²) >= 11 is 5.97. The lowest BCUT2D eigenvalue weighted by Crippen LogP contribution is -2.38. The Morgan fingerprint density at radius 1 is 1.50 bits per heavy atom. The van der Waals surface area contributed by atoms with Gasteiger partial charge in [-0.3, -0.25) is 4.90 Å². The van der Waals surface area contributed by atoms with Crippen molar-refractivity contribution in [2.24, 2.45) is 5.92 Å². The van der Waals surface area contributed by atoms with Gasteiger partial charge in [-0.2, -0.15) is 0 Å². The van der Waals surface area contributed by atoms with Crippen LogP contribution in [0.2, 0.25) is 5.02 Å². The molecule has 100 valence electrons. The Labute approximate surface area is 114 Å². The number of rotatable bonds is 4. The lowest BCUT2D eigenvalue weighted by molar-refractivity contribution is 0.165. The second kappa shape index (κ2) is 6.41. The van der Waals surface area contributed by atoms with Crippen LogP contribution in [0.4, 0.5) is 0 Å². The first-order chi connectivity index (χ1) is 8.69. The van der Waals surface area contributed by atoms with Crippen LogP contribution in [0.5, 0.6) is 5.75 Å². The third kappa shape index (κ3) is 3.61. The first-order valence-electron chi connectivity index (χ1n) is 6.53. The summed E-state index contributed by atoms with van der Waals surface area (Å²) in [6.07, 6.45) is 2.52. The number of phenolic OH excluding ortho intramolecular Hbond substituents is 1. The van der Waals surface area contributed by atoms with Gasteiger partial charge in [0.05, 0.1) is 0 Å². The van der Waals surface area contributed by atoms with Crippen molar-refractivity contribution in [3.8, 4) is 5.75 Å². The van der Waals surface area contributed by atoms with Gasteiger partial charge in [-0.25, -0.2) is 0 Å². The normalized spacial score (nSPS) is 21.1. The zero-order valence-electron chi connectivity index (χ0n) is 10.8. The number of piperidine rings is 1. The molecule has 0 bridgehead atoms. The van der Waals surface area contributed by atoms with Crippen LogP contribution in [0, 0.1) is 5.92 Å². The molecule has 2 N–H and O–H groups in total. The fourth-order valence-electron chi connectivity index (χ4n) is 2.67. The molecule has 0 amide bonds. The van der Waals surface area contributed by atoms with Gasteiger partial charge in [0.25, 0.3) is 0 Å². The predicted molar refractivity (Wildman–Crippen MR) is 75.0 cm³/mol. The zero-order chi connectivity index (χ0) is 13.0. The van der Waals surface area contributed by atoms with E-state index in [1.54, 1.807) is 12.1 Å². The molecule has 1 saturated heterocycles. The Morgan fingerprint density at radius 2 is 2.33 bits per heavy atom. The molecule has 1 aliphatic rings. The van der Waals surface area contributed by atoms with E-state index in [-0.39, 0.29) is 0 Å². The maximum absolute atomic E-state index is 9.84. The monoisotopic (exact) mass is 268 g/mol. The Balaban J connectivity index is 1.98. The highest BCUT2D eigenvalue weighted by Crippen LogP contribution is 2.25. The van der Waals surface area contributed by atoms with Crippen LogP contribution in [0.3, 0.4) is 0 Å². The summed E-state index contributed by atoms with van der Waals surface area (Å²) in [5.41, 5.74) is 0.924. The van der Waals surface area contributed by atoms with Gasteiger partial charge < -0.3 is 10.4 Å². The van der Waals surface area contributed by atoms with E-state index >= 15 is 0 Å². The van der Waals surface area contributed by atoms with E-state index in [1.165, 1.54) is 12.8 Å². The van der Waals surface area contributed by atoms with Crippen LogP contribution in [0.1, 0.15) is 18.4 Å². The van der Waals surface area contributed by atoms with Gasteiger partial charge >= 0.3 is 0 Å². The average molecular weight is 269 g/mol. The second-order valence-electron chi connectivity index (χ2n) is 5.07. The molecule has 0 aliphatic carbocycles. The van der Waals surface area contributed by atoms with Gasteiger partial charge in [0, 0.05) is 23.7 Å². The maximum atomic E-state index is 9.84. The van der Waals surface area contributed by atoms with Crippen LogP contribution >= 0.6 is 11.6 Å². The Bertz CT molecular complexity index is 395. The average Bonchev–Trinajstić information content (AvgIpc) is 2.35. The SMILES string of the molecule is CNCC1CCCN(Cc2cc(Cl)ccc2O)C1. The van der Waals surface area contributed by atoms with Crippen LogP contribution < -0.4 is 5.32 Å². The molecule has 0 saturated carbocycles. The summed E-state index contributed by atoms with van der Waals surface area (Å²) < 4.78 is 0. The molecule has 2 rings (SSSR count). The minimum atomic E-state index is 0.343. The number of likely N-dealkylation sites (tertiary alicyclic amines) is 1. The number of aromatic hydroxyl groups is 1. The highest BCUT2D eigenvalue weighted by atomic mass is 35.5. The quantitative estimate of drug-likeness (QED) is 0.881. The molecular weight excluding hydrogens is 248 g/mol. The number of hydrogen-bond acceptors (Lipinski definition) is 3. The van der Waals surface area contributed by atoms with E-state index in [0.717, 1.165) is 31.7 Å². The standard InChI is InChI=1S/C14H21ClN2O/c1-16-8-11-3-2-6-17(9-11)10-12-7-13(15)4-5-14(12)18/h4-5,7,11,16,18H,2-3,6,8-10H2,1H3. The molecule has 1 aliphatic heterocycles. The lowest BCUT2D eigenvalue weighted by Gasteiger charge is -2.32. The smallest absolute Gasteiger partial charge is 0.120 e. The summed E-state index contributed by atoms with van der Waals surface area (Å²) in [6, 6.07) is 5.26. The lowest BCUT2D eigenvalue weighted by atomic mass is 9.97. The van der Waals surface area contributed by atoms with Crippen molar-refractivity contribution in [3.05, 3.63) is 28.8 Å². The third-order valence-corrected chi connectivity index (χ3v) is 3.77. The molecule has 3 nitrogen and oxygen atoms in total. The topological polar surface area (TPSA) is 35.5 Å². The van der Waals surface area contributed by atoms with Crippen molar-refractivity contribution in [2.45, 2.75) is 19.4 Å². The first kappa shape index (κ1) is 13.7. The molecule has 1 heterocycles. The minimum Gasteiger partial charge on any atom is -0.508 e. The number of benzene rings is 1. The fourth-order valence-corrected chi connectivity index (χ4v) is 2.87. The summed E-state index contributed by atoms with van der Waals surface area (Å²) in [5.74, 6) is 1.06. The van der Waals surface area contributed by atoms with Crippen LogP contribution in [0.15, 0.2) is 18.2 Å². The molecule has 4 heteroatoms. The molecule has 1 aromatic rings. The highest BCUT2D eigenvalue weighted by Gasteiger charge is 2.20. The largest absolute Gasteiger partial charge is 0.508 e. The minimum absolute atomic E-state index is 0.343. The van der Waals surface area contributed by atoms with Crippen molar-refractivity contribution < 1.29 is 5.11 Å². The molecule has 1 fully saturated rings. The summed E-state index contributed by atoms with van der Waals surface area (Å²) in [6.45, 7) is 4.05. The summed E-state index contributed by atoms with van der Waals surface area (Å²) in [4.78, 5) is 2.40. The van der Waals surface area contributed by atoms with E-state index in [0.29, 0.717) is 16.7 Å². The van der Waals surface area contributed by atoms with Crippen LogP contribution in [-0.2, 0) is 6.54 Å². The molecule has 0 spiro atoms. The molecule has 1 unspecified atom stereocenters. The van der Waals surface area contributed by atoms with Crippen molar-refractivity contribution in [1.82, 2.24) is 10.2 Å². The number of hydrogen-bond donors (Lipinski definition) is 2. The molecule has 0 radical (unpaired) electrons. The van der Waals surface area contributed by atoms with Gasteiger partial charge in [0.1, 0.15) is 5.75 Å². The Hall–Kier alpha value is -0.770. The fraction of sp³-hybridized carbons (Fsp3) is 0.571. The summed E-state index contributed by atoms with van der Waals surface area (Å²) in [7, 11) is 2.00. The van der Waals surface area contributed by atoms with Crippen LogP contribution in [0.25, 0.3) is 0 Å². The van der Waals surface area contributed by atoms with Gasteiger partial charge in [-0.15, -0.1) is 0 Å². The third-order valence-electron chi connectivity index (χ3n) is 3.53. The molecule has 1 aromatic carbocycles. The number of phenols is 1.